The van der Waals surface area contributed by atoms with Crippen molar-refractivity contribution in [2.24, 2.45) is 0 Å². The normalized spacial score (nSPS) is 11.2. The van der Waals surface area contributed by atoms with Crippen molar-refractivity contribution in [3.63, 3.8) is 0 Å². The summed E-state index contributed by atoms with van der Waals surface area (Å²) in [5.74, 6) is 1.04. The molecule has 10 heteroatoms. The molecule has 0 atom stereocenters. The Labute approximate surface area is 153 Å². The summed E-state index contributed by atoms with van der Waals surface area (Å²) in [4.78, 5) is 10.0. The third-order valence-corrected chi connectivity index (χ3v) is 5.16. The Kier molecular flexibility index (Phi) is 5.98. The highest BCUT2D eigenvalue weighted by atomic mass is 79.9. The quantitative estimate of drug-likeness (QED) is 0.534. The van der Waals surface area contributed by atoms with Gasteiger partial charge in [0.2, 0.25) is 10.0 Å². The van der Waals surface area contributed by atoms with Crippen LogP contribution in [-0.2, 0) is 16.6 Å². The SMILES string of the molecule is COc1ccc(CNS(=O)(=O)c2cc(Br)cc([N+](=O)[O-])c2)c(OC)c1. The molecule has 0 saturated carbocycles. The molecule has 0 radical (unpaired) electrons. The Balaban J connectivity index is 2.27. The first-order chi connectivity index (χ1) is 11.8. The number of benzene rings is 2. The summed E-state index contributed by atoms with van der Waals surface area (Å²) in [6.45, 7) is -0.0458. The molecule has 0 aliphatic rings. The van der Waals surface area contributed by atoms with Crippen molar-refractivity contribution < 1.29 is 22.8 Å². The van der Waals surface area contributed by atoms with Crippen molar-refractivity contribution in [1.82, 2.24) is 4.72 Å². The molecule has 0 heterocycles. The molecule has 2 rings (SSSR count). The van der Waals surface area contributed by atoms with E-state index in [9.17, 15) is 18.5 Å². The van der Waals surface area contributed by atoms with Gasteiger partial charge in [-0.25, -0.2) is 13.1 Å². The van der Waals surface area contributed by atoms with Crippen LogP contribution in [0.4, 0.5) is 5.69 Å². The Morgan fingerprint density at radius 1 is 1.16 bits per heavy atom. The Morgan fingerprint density at radius 2 is 1.88 bits per heavy atom. The van der Waals surface area contributed by atoms with E-state index in [1.165, 1.54) is 26.4 Å². The van der Waals surface area contributed by atoms with Gasteiger partial charge in [-0.05, 0) is 12.1 Å². The van der Waals surface area contributed by atoms with Gasteiger partial charge in [0.15, 0.2) is 0 Å². The lowest BCUT2D eigenvalue weighted by atomic mass is 10.2. The van der Waals surface area contributed by atoms with Gasteiger partial charge in [-0.2, -0.15) is 0 Å². The second-order valence-electron chi connectivity index (χ2n) is 4.90. The van der Waals surface area contributed by atoms with Crippen LogP contribution in [0.3, 0.4) is 0 Å². The highest BCUT2D eigenvalue weighted by Crippen LogP contribution is 2.26. The molecule has 134 valence electrons. The Bertz CT molecular complexity index is 901. The van der Waals surface area contributed by atoms with E-state index >= 15 is 0 Å². The van der Waals surface area contributed by atoms with Crippen molar-refractivity contribution in [2.45, 2.75) is 11.4 Å². The minimum atomic E-state index is -3.95. The second kappa shape index (κ2) is 7.81. The van der Waals surface area contributed by atoms with Gasteiger partial charge in [-0.15, -0.1) is 0 Å². The van der Waals surface area contributed by atoms with E-state index in [2.05, 4.69) is 20.7 Å². The zero-order chi connectivity index (χ0) is 18.6. The van der Waals surface area contributed by atoms with Crippen LogP contribution in [-0.4, -0.2) is 27.6 Å². The van der Waals surface area contributed by atoms with E-state index in [1.807, 2.05) is 0 Å². The van der Waals surface area contributed by atoms with Gasteiger partial charge in [0.25, 0.3) is 5.69 Å². The van der Waals surface area contributed by atoms with Gasteiger partial charge in [-0.3, -0.25) is 10.1 Å². The number of sulfonamides is 1. The molecule has 0 bridgehead atoms. The van der Waals surface area contributed by atoms with E-state index in [0.717, 1.165) is 6.07 Å². The average molecular weight is 431 g/mol. The number of nitrogens with zero attached hydrogens (tertiary/aromatic N) is 1. The van der Waals surface area contributed by atoms with Crippen molar-refractivity contribution in [1.29, 1.82) is 0 Å². The fourth-order valence-corrected chi connectivity index (χ4v) is 3.77. The lowest BCUT2D eigenvalue weighted by Gasteiger charge is -2.12. The molecule has 0 aliphatic heterocycles. The third-order valence-electron chi connectivity index (χ3n) is 3.32. The van der Waals surface area contributed by atoms with Gasteiger partial charge < -0.3 is 9.47 Å². The number of rotatable bonds is 7. The van der Waals surface area contributed by atoms with Crippen molar-refractivity contribution >= 4 is 31.6 Å². The molecule has 8 nitrogen and oxygen atoms in total. The zero-order valence-corrected chi connectivity index (χ0v) is 15.8. The molecule has 0 aliphatic carbocycles. The number of nitrogens with one attached hydrogen (secondary N) is 1. The van der Waals surface area contributed by atoms with Gasteiger partial charge in [0.05, 0.1) is 24.0 Å². The highest BCUT2D eigenvalue weighted by molar-refractivity contribution is 9.10. The number of nitro benzene ring substituents is 1. The van der Waals surface area contributed by atoms with Crippen LogP contribution in [0.5, 0.6) is 11.5 Å². The first-order valence-electron chi connectivity index (χ1n) is 6.92. The molecule has 0 amide bonds. The van der Waals surface area contributed by atoms with Gasteiger partial charge in [-0.1, -0.05) is 22.0 Å². The molecule has 0 saturated heterocycles. The summed E-state index contributed by atoms with van der Waals surface area (Å²) in [5.41, 5.74) is 0.271. The van der Waals surface area contributed by atoms with Crippen LogP contribution in [0.25, 0.3) is 0 Å². The summed E-state index contributed by atoms with van der Waals surface area (Å²) in [7, 11) is -0.975. The zero-order valence-electron chi connectivity index (χ0n) is 13.4. The molecule has 25 heavy (non-hydrogen) atoms. The lowest BCUT2D eigenvalue weighted by Crippen LogP contribution is -2.23. The van der Waals surface area contributed by atoms with Crippen LogP contribution in [0, 0.1) is 10.1 Å². The fourth-order valence-electron chi connectivity index (χ4n) is 2.06. The van der Waals surface area contributed by atoms with Gasteiger partial charge in [0, 0.05) is 34.8 Å². The number of hydrogen-bond acceptors (Lipinski definition) is 6. The van der Waals surface area contributed by atoms with E-state index in [4.69, 9.17) is 9.47 Å². The third kappa shape index (κ3) is 4.68. The molecule has 2 aromatic carbocycles. The standard InChI is InChI=1S/C15H15BrN2O6S/c1-23-13-4-3-10(15(8-13)24-2)9-17-25(21,22)14-6-11(16)5-12(7-14)18(19)20/h3-8,17H,9H2,1-2H3. The Morgan fingerprint density at radius 3 is 2.48 bits per heavy atom. The van der Waals surface area contributed by atoms with Crippen LogP contribution >= 0.6 is 15.9 Å². The molecular weight excluding hydrogens is 416 g/mol. The van der Waals surface area contributed by atoms with Crippen LogP contribution in [0.2, 0.25) is 0 Å². The highest BCUT2D eigenvalue weighted by Gasteiger charge is 2.20. The molecule has 0 spiro atoms. The Hall–Kier alpha value is -2.17. The van der Waals surface area contributed by atoms with Gasteiger partial charge in [0.1, 0.15) is 11.5 Å². The molecule has 1 N–H and O–H groups in total. The largest absolute Gasteiger partial charge is 0.497 e. The summed E-state index contributed by atoms with van der Waals surface area (Å²) >= 11 is 3.08. The van der Waals surface area contributed by atoms with E-state index in [1.54, 1.807) is 18.2 Å². The van der Waals surface area contributed by atoms with Crippen molar-refractivity contribution in [3.05, 3.63) is 56.5 Å². The number of non-ortho nitro benzene ring substituents is 1. The molecule has 0 aromatic heterocycles. The smallest absolute Gasteiger partial charge is 0.271 e. The minimum Gasteiger partial charge on any atom is -0.497 e. The number of ether oxygens (including phenoxy) is 2. The minimum absolute atomic E-state index is 0.0458. The maximum absolute atomic E-state index is 12.4. The van der Waals surface area contributed by atoms with E-state index in [-0.39, 0.29) is 17.1 Å². The molecule has 2 aromatic rings. The van der Waals surface area contributed by atoms with Crippen LogP contribution in [0.1, 0.15) is 5.56 Å². The summed E-state index contributed by atoms with van der Waals surface area (Å²) < 4.78 is 37.9. The van der Waals surface area contributed by atoms with E-state index in [0.29, 0.717) is 21.5 Å². The first kappa shape index (κ1) is 19.2. The number of nitro groups is 1. The second-order valence-corrected chi connectivity index (χ2v) is 7.59. The van der Waals surface area contributed by atoms with Crippen LogP contribution in [0.15, 0.2) is 45.8 Å². The number of methoxy groups -OCH3 is 2. The average Bonchev–Trinajstić information content (AvgIpc) is 2.59. The number of halogens is 1. The summed E-state index contributed by atoms with van der Waals surface area (Å²) in [6.07, 6.45) is 0. The molecule has 0 fully saturated rings. The number of hydrogen-bond donors (Lipinski definition) is 1. The molecular formula is C15H15BrN2O6S. The topological polar surface area (TPSA) is 108 Å². The van der Waals surface area contributed by atoms with Gasteiger partial charge >= 0.3 is 0 Å². The monoisotopic (exact) mass is 430 g/mol. The fraction of sp³-hybridized carbons (Fsp3) is 0.200. The van der Waals surface area contributed by atoms with Crippen molar-refractivity contribution in [3.8, 4) is 11.5 Å². The maximum Gasteiger partial charge on any atom is 0.271 e. The maximum atomic E-state index is 12.4. The van der Waals surface area contributed by atoms with Crippen LogP contribution < -0.4 is 14.2 Å². The lowest BCUT2D eigenvalue weighted by molar-refractivity contribution is -0.385. The summed E-state index contributed by atoms with van der Waals surface area (Å²) in [6, 6.07) is 8.50. The predicted molar refractivity (Wildman–Crippen MR) is 94.4 cm³/mol. The van der Waals surface area contributed by atoms with Crippen molar-refractivity contribution in [2.75, 3.05) is 14.2 Å². The first-order valence-corrected chi connectivity index (χ1v) is 9.20. The summed E-state index contributed by atoms with van der Waals surface area (Å²) in [5, 5.41) is 10.9. The molecule has 0 unspecified atom stereocenters. The van der Waals surface area contributed by atoms with E-state index < -0.39 is 14.9 Å². The predicted octanol–water partition coefficient (Wildman–Crippen LogP) is 2.85.